The molecule has 1 aromatic heterocycles. The van der Waals surface area contributed by atoms with Crippen molar-refractivity contribution >= 4 is 56.9 Å². The van der Waals surface area contributed by atoms with Crippen LogP contribution in [0, 0.1) is 3.57 Å². The Kier molecular flexibility index (Phi) is 5.23. The molecule has 4 aromatic rings. The molecule has 0 aliphatic rings. The van der Waals surface area contributed by atoms with E-state index in [1.165, 1.54) is 0 Å². The van der Waals surface area contributed by atoms with Crippen molar-refractivity contribution < 1.29 is 13.9 Å². The molecule has 1 amide bonds. The van der Waals surface area contributed by atoms with E-state index in [1.54, 1.807) is 49.6 Å². The monoisotopic (exact) mass is 504 g/mol. The fourth-order valence-electron chi connectivity index (χ4n) is 2.73. The molecule has 0 spiro atoms. The van der Waals surface area contributed by atoms with Crippen LogP contribution in [0.2, 0.25) is 5.02 Å². The zero-order valence-corrected chi connectivity index (χ0v) is 17.6. The van der Waals surface area contributed by atoms with Gasteiger partial charge in [-0.3, -0.25) is 4.79 Å². The van der Waals surface area contributed by atoms with Crippen LogP contribution in [0.15, 0.2) is 65.1 Å². The van der Waals surface area contributed by atoms with Crippen molar-refractivity contribution in [3.05, 3.63) is 74.8 Å². The van der Waals surface area contributed by atoms with Gasteiger partial charge in [-0.15, -0.1) is 0 Å². The van der Waals surface area contributed by atoms with Gasteiger partial charge in [-0.05, 0) is 83.3 Å². The number of ether oxygens (including phenoxy) is 1. The number of hydrogen-bond donors (Lipinski definition) is 1. The standard InChI is InChI=1S/C21H14ClIN2O3/c1-27-18-8-4-13(10-16(18)22)21-25-17-11-15(7-9-19(17)28-21)24-20(26)12-2-5-14(23)6-3-12/h2-11H,1H3,(H,24,26). The van der Waals surface area contributed by atoms with Crippen LogP contribution >= 0.6 is 34.2 Å². The second-order valence-electron chi connectivity index (χ2n) is 6.01. The second-order valence-corrected chi connectivity index (χ2v) is 7.66. The normalized spacial score (nSPS) is 10.8. The third-order valence-electron chi connectivity index (χ3n) is 4.15. The lowest BCUT2D eigenvalue weighted by atomic mass is 10.2. The second kappa shape index (κ2) is 7.81. The van der Waals surface area contributed by atoms with Gasteiger partial charge in [0.15, 0.2) is 5.58 Å². The minimum absolute atomic E-state index is 0.179. The van der Waals surface area contributed by atoms with Gasteiger partial charge in [-0.1, -0.05) is 11.6 Å². The Bertz CT molecular complexity index is 1170. The van der Waals surface area contributed by atoms with Gasteiger partial charge in [0.25, 0.3) is 5.91 Å². The summed E-state index contributed by atoms with van der Waals surface area (Å²) in [6, 6.07) is 18.0. The van der Waals surface area contributed by atoms with Crippen molar-refractivity contribution in [3.63, 3.8) is 0 Å². The third kappa shape index (κ3) is 3.83. The SMILES string of the molecule is COc1ccc(-c2nc3cc(NC(=O)c4ccc(I)cc4)ccc3o2)cc1Cl. The predicted molar refractivity (Wildman–Crippen MR) is 118 cm³/mol. The number of oxazole rings is 1. The molecule has 0 bridgehead atoms. The van der Waals surface area contributed by atoms with Crippen LogP contribution in [0.1, 0.15) is 10.4 Å². The van der Waals surface area contributed by atoms with Gasteiger partial charge < -0.3 is 14.5 Å². The molecule has 1 heterocycles. The van der Waals surface area contributed by atoms with E-state index < -0.39 is 0 Å². The third-order valence-corrected chi connectivity index (χ3v) is 5.17. The number of rotatable bonds is 4. The van der Waals surface area contributed by atoms with Crippen molar-refractivity contribution in [1.29, 1.82) is 0 Å². The molecule has 7 heteroatoms. The predicted octanol–water partition coefficient (Wildman–Crippen LogP) is 6.01. The molecule has 0 saturated carbocycles. The molecule has 0 fully saturated rings. The molecule has 0 unspecified atom stereocenters. The molecule has 28 heavy (non-hydrogen) atoms. The van der Waals surface area contributed by atoms with E-state index in [0.29, 0.717) is 39.0 Å². The summed E-state index contributed by atoms with van der Waals surface area (Å²) >= 11 is 8.39. The fourth-order valence-corrected chi connectivity index (χ4v) is 3.35. The summed E-state index contributed by atoms with van der Waals surface area (Å²) in [7, 11) is 1.56. The molecule has 0 aliphatic carbocycles. The Morgan fingerprint density at radius 2 is 1.89 bits per heavy atom. The summed E-state index contributed by atoms with van der Waals surface area (Å²) in [5.74, 6) is 0.851. The fraction of sp³-hybridized carbons (Fsp3) is 0.0476. The van der Waals surface area contributed by atoms with Gasteiger partial charge in [-0.2, -0.15) is 0 Å². The first-order valence-electron chi connectivity index (χ1n) is 8.35. The average molecular weight is 505 g/mol. The molecule has 0 radical (unpaired) electrons. The number of fused-ring (bicyclic) bond motifs is 1. The first-order valence-corrected chi connectivity index (χ1v) is 9.80. The number of anilines is 1. The molecule has 140 valence electrons. The van der Waals surface area contributed by atoms with Crippen molar-refractivity contribution in [2.45, 2.75) is 0 Å². The van der Waals surface area contributed by atoms with Crippen molar-refractivity contribution in [2.75, 3.05) is 12.4 Å². The smallest absolute Gasteiger partial charge is 0.255 e. The van der Waals surface area contributed by atoms with Crippen molar-refractivity contribution in [3.8, 4) is 17.2 Å². The lowest BCUT2D eigenvalue weighted by Gasteiger charge is -2.05. The zero-order valence-electron chi connectivity index (χ0n) is 14.7. The highest BCUT2D eigenvalue weighted by molar-refractivity contribution is 14.1. The Morgan fingerprint density at radius 1 is 1.11 bits per heavy atom. The quantitative estimate of drug-likeness (QED) is 0.346. The van der Waals surface area contributed by atoms with Gasteiger partial charge in [-0.25, -0.2) is 4.98 Å². The molecule has 4 rings (SSSR count). The van der Waals surface area contributed by atoms with Gasteiger partial charge >= 0.3 is 0 Å². The van der Waals surface area contributed by atoms with E-state index in [4.69, 9.17) is 20.8 Å². The van der Waals surface area contributed by atoms with E-state index in [0.717, 1.165) is 9.13 Å². The molecular formula is C21H14ClIN2O3. The first kappa shape index (κ1) is 18.8. The van der Waals surface area contributed by atoms with Crippen molar-refractivity contribution in [2.24, 2.45) is 0 Å². The number of nitrogens with one attached hydrogen (secondary N) is 1. The van der Waals surface area contributed by atoms with Crippen LogP contribution in [0.4, 0.5) is 5.69 Å². The van der Waals surface area contributed by atoms with E-state index in [2.05, 4.69) is 32.9 Å². The van der Waals surface area contributed by atoms with E-state index in [9.17, 15) is 4.79 Å². The first-order chi connectivity index (χ1) is 13.5. The summed E-state index contributed by atoms with van der Waals surface area (Å²) in [6.07, 6.45) is 0. The van der Waals surface area contributed by atoms with Crippen LogP contribution in [-0.2, 0) is 0 Å². The molecular weight excluding hydrogens is 491 g/mol. The summed E-state index contributed by atoms with van der Waals surface area (Å²) in [5, 5.41) is 3.36. The lowest BCUT2D eigenvalue weighted by Crippen LogP contribution is -2.11. The maximum absolute atomic E-state index is 12.4. The highest BCUT2D eigenvalue weighted by atomic mass is 127. The van der Waals surface area contributed by atoms with E-state index >= 15 is 0 Å². The van der Waals surface area contributed by atoms with Gasteiger partial charge in [0.05, 0.1) is 12.1 Å². The highest BCUT2D eigenvalue weighted by Crippen LogP contribution is 2.32. The molecule has 0 saturated heterocycles. The zero-order chi connectivity index (χ0) is 19.7. The number of hydrogen-bond acceptors (Lipinski definition) is 4. The van der Waals surface area contributed by atoms with Crippen LogP contribution in [0.3, 0.4) is 0 Å². The summed E-state index contributed by atoms with van der Waals surface area (Å²) in [6.45, 7) is 0. The highest BCUT2D eigenvalue weighted by Gasteiger charge is 2.12. The van der Waals surface area contributed by atoms with Crippen LogP contribution in [0.5, 0.6) is 5.75 Å². The summed E-state index contributed by atoms with van der Waals surface area (Å²) in [5.41, 5.74) is 3.24. The topological polar surface area (TPSA) is 64.4 Å². The van der Waals surface area contributed by atoms with Crippen LogP contribution in [0.25, 0.3) is 22.6 Å². The molecule has 3 aromatic carbocycles. The van der Waals surface area contributed by atoms with E-state index in [-0.39, 0.29) is 5.91 Å². The summed E-state index contributed by atoms with van der Waals surface area (Å²) < 4.78 is 12.1. The Balaban J connectivity index is 1.60. The molecule has 5 nitrogen and oxygen atoms in total. The minimum atomic E-state index is -0.179. The van der Waals surface area contributed by atoms with Crippen LogP contribution in [-0.4, -0.2) is 18.0 Å². The van der Waals surface area contributed by atoms with Gasteiger partial charge in [0, 0.05) is 20.4 Å². The Labute approximate surface area is 179 Å². The molecule has 0 atom stereocenters. The van der Waals surface area contributed by atoms with Gasteiger partial charge in [0.1, 0.15) is 11.3 Å². The lowest BCUT2D eigenvalue weighted by molar-refractivity contribution is 0.102. The average Bonchev–Trinajstić information content (AvgIpc) is 3.12. The Hall–Kier alpha value is -2.58. The Morgan fingerprint density at radius 3 is 2.61 bits per heavy atom. The number of aromatic nitrogens is 1. The largest absolute Gasteiger partial charge is 0.495 e. The number of halogens is 2. The molecule has 1 N–H and O–H groups in total. The number of carbonyl (C=O) groups excluding carboxylic acids is 1. The maximum atomic E-state index is 12.4. The maximum Gasteiger partial charge on any atom is 0.255 e. The number of amides is 1. The number of methoxy groups -OCH3 is 1. The van der Waals surface area contributed by atoms with Crippen LogP contribution < -0.4 is 10.1 Å². The van der Waals surface area contributed by atoms with Crippen molar-refractivity contribution in [1.82, 2.24) is 4.98 Å². The summed E-state index contributed by atoms with van der Waals surface area (Å²) in [4.78, 5) is 16.9. The number of nitrogens with zero attached hydrogens (tertiary/aromatic N) is 1. The number of carbonyl (C=O) groups is 1. The van der Waals surface area contributed by atoms with Gasteiger partial charge in [0.2, 0.25) is 5.89 Å². The number of benzene rings is 3. The minimum Gasteiger partial charge on any atom is -0.495 e. The molecule has 0 aliphatic heterocycles. The van der Waals surface area contributed by atoms with E-state index in [1.807, 2.05) is 18.2 Å².